The number of hydrogen-bond acceptors (Lipinski definition) is 8. The van der Waals surface area contributed by atoms with Gasteiger partial charge in [0, 0.05) is 38.4 Å². The fraction of sp³-hybridized carbons (Fsp3) is 0.438. The van der Waals surface area contributed by atoms with E-state index in [0.717, 1.165) is 42.8 Å². The number of rotatable bonds is 4. The first kappa shape index (κ1) is 15.6. The average molecular weight is 340 g/mol. The molecule has 9 heteroatoms. The Hall–Kier alpha value is -2.97. The summed E-state index contributed by atoms with van der Waals surface area (Å²) in [6.07, 6.45) is 7.23. The summed E-state index contributed by atoms with van der Waals surface area (Å²) in [6.45, 7) is 1.80. The molecule has 0 spiro atoms. The summed E-state index contributed by atoms with van der Waals surface area (Å²) in [5.74, 6) is 2.16. The third-order valence-corrected chi connectivity index (χ3v) is 4.61. The van der Waals surface area contributed by atoms with Crippen LogP contribution < -0.4 is 14.5 Å². The number of aromatic nitrogens is 6. The molecule has 25 heavy (non-hydrogen) atoms. The summed E-state index contributed by atoms with van der Waals surface area (Å²) in [6, 6.07) is 2.04. The summed E-state index contributed by atoms with van der Waals surface area (Å²) in [4.78, 5) is 21.9. The quantitative estimate of drug-likeness (QED) is 0.758. The van der Waals surface area contributed by atoms with E-state index in [2.05, 4.69) is 39.9 Å². The summed E-state index contributed by atoms with van der Waals surface area (Å²) in [5.41, 5.74) is 0.761. The lowest BCUT2D eigenvalue weighted by Crippen LogP contribution is -2.47. The van der Waals surface area contributed by atoms with Crippen molar-refractivity contribution in [2.24, 2.45) is 0 Å². The first-order valence-corrected chi connectivity index (χ1v) is 8.25. The monoisotopic (exact) mass is 340 g/mol. The van der Waals surface area contributed by atoms with Crippen LogP contribution in [0.15, 0.2) is 24.8 Å². The molecule has 1 saturated heterocycles. The number of aromatic amines is 1. The molecule has 1 aliphatic heterocycles. The molecule has 3 aromatic rings. The molecule has 3 aromatic heterocycles. The van der Waals surface area contributed by atoms with E-state index >= 15 is 0 Å². The van der Waals surface area contributed by atoms with E-state index in [1.807, 2.05) is 7.05 Å². The van der Waals surface area contributed by atoms with Crippen LogP contribution in [0.25, 0.3) is 11.0 Å². The molecule has 1 fully saturated rings. The van der Waals surface area contributed by atoms with Crippen LogP contribution in [0.3, 0.4) is 0 Å². The average Bonchev–Trinajstić information content (AvgIpc) is 3.16. The van der Waals surface area contributed by atoms with Crippen molar-refractivity contribution in [2.45, 2.75) is 18.9 Å². The molecule has 0 amide bonds. The van der Waals surface area contributed by atoms with Crippen molar-refractivity contribution in [1.82, 2.24) is 30.1 Å². The van der Waals surface area contributed by atoms with Gasteiger partial charge in [-0.3, -0.25) is 5.10 Å². The lowest BCUT2D eigenvalue weighted by molar-refractivity contribution is 0.395. The largest absolute Gasteiger partial charge is 0.481 e. The molecule has 0 aliphatic carbocycles. The van der Waals surface area contributed by atoms with Gasteiger partial charge in [0.05, 0.1) is 18.7 Å². The Balaban J connectivity index is 1.57. The zero-order valence-corrected chi connectivity index (χ0v) is 14.3. The lowest BCUT2D eigenvalue weighted by atomic mass is 10.0. The van der Waals surface area contributed by atoms with Gasteiger partial charge in [0.25, 0.3) is 0 Å². The summed E-state index contributed by atoms with van der Waals surface area (Å²) in [5, 5.41) is 7.93. The van der Waals surface area contributed by atoms with E-state index in [4.69, 9.17) is 4.74 Å². The summed E-state index contributed by atoms with van der Waals surface area (Å²) < 4.78 is 5.21. The third-order valence-electron chi connectivity index (χ3n) is 4.61. The molecule has 1 aliphatic rings. The van der Waals surface area contributed by atoms with Crippen molar-refractivity contribution < 1.29 is 4.74 Å². The van der Waals surface area contributed by atoms with E-state index in [1.165, 1.54) is 0 Å². The first-order valence-electron chi connectivity index (χ1n) is 8.25. The van der Waals surface area contributed by atoms with Crippen molar-refractivity contribution in [3.8, 4) is 5.88 Å². The normalized spacial score (nSPS) is 17.7. The maximum absolute atomic E-state index is 5.21. The van der Waals surface area contributed by atoms with Crippen LogP contribution >= 0.6 is 0 Å². The fourth-order valence-electron chi connectivity index (χ4n) is 3.25. The molecule has 0 radical (unpaired) electrons. The van der Waals surface area contributed by atoms with Crippen LogP contribution in [0, 0.1) is 0 Å². The Morgan fingerprint density at radius 2 is 2.24 bits per heavy atom. The maximum atomic E-state index is 5.21. The van der Waals surface area contributed by atoms with Gasteiger partial charge in [-0.05, 0) is 12.8 Å². The number of piperidine rings is 1. The Bertz CT molecular complexity index is 866. The van der Waals surface area contributed by atoms with Gasteiger partial charge in [0.1, 0.15) is 12.1 Å². The van der Waals surface area contributed by atoms with E-state index in [-0.39, 0.29) is 6.04 Å². The van der Waals surface area contributed by atoms with Crippen molar-refractivity contribution >= 4 is 22.8 Å². The highest BCUT2D eigenvalue weighted by Gasteiger charge is 2.27. The Kier molecular flexibility index (Phi) is 4.04. The second-order valence-corrected chi connectivity index (χ2v) is 6.08. The minimum absolute atomic E-state index is 0.290. The number of ether oxygens (including phenoxy) is 1. The van der Waals surface area contributed by atoms with Crippen molar-refractivity contribution in [3.05, 3.63) is 24.8 Å². The number of anilines is 2. The van der Waals surface area contributed by atoms with Gasteiger partial charge >= 0.3 is 0 Å². The second kappa shape index (κ2) is 6.50. The predicted octanol–water partition coefficient (Wildman–Crippen LogP) is 1.26. The molecule has 4 rings (SSSR count). The van der Waals surface area contributed by atoms with Crippen LogP contribution in [-0.2, 0) is 0 Å². The highest BCUT2D eigenvalue weighted by molar-refractivity contribution is 5.86. The zero-order valence-electron chi connectivity index (χ0n) is 14.3. The van der Waals surface area contributed by atoms with Crippen molar-refractivity contribution in [2.75, 3.05) is 37.0 Å². The molecule has 0 bridgehead atoms. The molecule has 1 N–H and O–H groups in total. The number of hydrogen-bond donors (Lipinski definition) is 1. The minimum atomic E-state index is 0.290. The van der Waals surface area contributed by atoms with E-state index < -0.39 is 0 Å². The molecular formula is C16H20N8O. The Morgan fingerprint density at radius 3 is 3.12 bits per heavy atom. The number of H-pyrrole nitrogens is 1. The van der Waals surface area contributed by atoms with Gasteiger partial charge in [-0.2, -0.15) is 10.1 Å². The minimum Gasteiger partial charge on any atom is -0.481 e. The SMILES string of the molecule is COc1ccnc(N(C)C2CCCN(c3ncnc4[nH]ncc34)C2)n1. The van der Waals surface area contributed by atoms with E-state index in [0.29, 0.717) is 11.8 Å². The number of nitrogens with zero attached hydrogens (tertiary/aromatic N) is 7. The van der Waals surface area contributed by atoms with Crippen molar-refractivity contribution in [1.29, 1.82) is 0 Å². The van der Waals surface area contributed by atoms with Crippen LogP contribution in [0.2, 0.25) is 0 Å². The van der Waals surface area contributed by atoms with Gasteiger partial charge in [0.2, 0.25) is 11.8 Å². The maximum Gasteiger partial charge on any atom is 0.228 e. The second-order valence-electron chi connectivity index (χ2n) is 6.08. The number of fused-ring (bicyclic) bond motifs is 1. The highest BCUT2D eigenvalue weighted by Crippen LogP contribution is 2.26. The number of likely N-dealkylation sites (N-methyl/N-ethyl adjacent to an activating group) is 1. The topological polar surface area (TPSA) is 96.0 Å². The summed E-state index contributed by atoms with van der Waals surface area (Å²) >= 11 is 0. The lowest BCUT2D eigenvalue weighted by Gasteiger charge is -2.38. The van der Waals surface area contributed by atoms with Gasteiger partial charge in [-0.1, -0.05) is 0 Å². The summed E-state index contributed by atoms with van der Waals surface area (Å²) in [7, 11) is 3.64. The molecule has 130 valence electrons. The van der Waals surface area contributed by atoms with Gasteiger partial charge in [-0.25, -0.2) is 15.0 Å². The van der Waals surface area contributed by atoms with Gasteiger partial charge in [0.15, 0.2) is 5.65 Å². The van der Waals surface area contributed by atoms with Crippen LogP contribution in [0.5, 0.6) is 5.88 Å². The highest BCUT2D eigenvalue weighted by atomic mass is 16.5. The molecule has 1 atom stereocenters. The smallest absolute Gasteiger partial charge is 0.228 e. The predicted molar refractivity (Wildman–Crippen MR) is 93.9 cm³/mol. The fourth-order valence-corrected chi connectivity index (χ4v) is 3.25. The van der Waals surface area contributed by atoms with E-state index in [1.54, 1.807) is 31.9 Å². The zero-order chi connectivity index (χ0) is 17.2. The van der Waals surface area contributed by atoms with Crippen LogP contribution in [-0.4, -0.2) is 63.4 Å². The Labute approximate surface area is 145 Å². The molecule has 1 unspecified atom stereocenters. The molecule has 9 nitrogen and oxygen atoms in total. The van der Waals surface area contributed by atoms with Crippen LogP contribution in [0.1, 0.15) is 12.8 Å². The molecule has 0 saturated carbocycles. The molecule has 0 aromatic carbocycles. The first-order chi connectivity index (χ1) is 12.3. The van der Waals surface area contributed by atoms with Crippen molar-refractivity contribution in [3.63, 3.8) is 0 Å². The molecular weight excluding hydrogens is 320 g/mol. The Morgan fingerprint density at radius 1 is 1.32 bits per heavy atom. The van der Waals surface area contributed by atoms with Gasteiger partial charge < -0.3 is 14.5 Å². The van der Waals surface area contributed by atoms with E-state index in [9.17, 15) is 0 Å². The number of methoxy groups -OCH3 is 1. The third kappa shape index (κ3) is 2.92. The van der Waals surface area contributed by atoms with Gasteiger partial charge in [-0.15, -0.1) is 0 Å². The number of nitrogens with one attached hydrogen (secondary N) is 1. The standard InChI is InChI=1S/C16H20N8O/c1-23(16-17-6-5-13(21-16)25-2)11-4-3-7-24(9-11)15-12-8-20-22-14(12)18-10-19-15/h5-6,8,10-11H,3-4,7,9H2,1-2H3,(H,18,19,20,22). The van der Waals surface area contributed by atoms with Crippen LogP contribution in [0.4, 0.5) is 11.8 Å². The molecule has 4 heterocycles.